The van der Waals surface area contributed by atoms with Crippen LogP contribution in [-0.2, 0) is 6.54 Å². The summed E-state index contributed by atoms with van der Waals surface area (Å²) < 4.78 is 5.15. The maximum Gasteiger partial charge on any atom is 0.123 e. The third kappa shape index (κ3) is 2.78. The number of rotatable bonds is 4. The van der Waals surface area contributed by atoms with E-state index in [0.29, 0.717) is 5.75 Å². The van der Waals surface area contributed by atoms with Crippen molar-refractivity contribution in [2.75, 3.05) is 13.7 Å². The highest BCUT2D eigenvalue weighted by molar-refractivity contribution is 5.39. The minimum Gasteiger partial charge on any atom is -0.507 e. The molecule has 0 bridgehead atoms. The van der Waals surface area contributed by atoms with E-state index in [1.165, 1.54) is 45.1 Å². The minimum absolute atomic E-state index is 0.362. The van der Waals surface area contributed by atoms with Crippen LogP contribution in [0.1, 0.15) is 44.1 Å². The minimum atomic E-state index is 0.362. The zero-order valence-corrected chi connectivity index (χ0v) is 12.3. The Labute approximate surface area is 121 Å². The zero-order valence-electron chi connectivity index (χ0n) is 12.3. The van der Waals surface area contributed by atoms with Gasteiger partial charge in [-0.15, -0.1) is 0 Å². The van der Waals surface area contributed by atoms with Crippen molar-refractivity contribution in [2.45, 2.75) is 51.1 Å². The van der Waals surface area contributed by atoms with E-state index >= 15 is 0 Å². The molecule has 1 unspecified atom stereocenters. The molecule has 0 aromatic heterocycles. The number of likely N-dealkylation sites (tertiary alicyclic amines) is 1. The molecule has 0 spiro atoms. The van der Waals surface area contributed by atoms with Crippen molar-refractivity contribution in [3.05, 3.63) is 23.8 Å². The Hall–Kier alpha value is -1.22. The lowest BCUT2D eigenvalue weighted by atomic mass is 9.95. The molecule has 1 N–H and O–H groups in total. The average molecular weight is 275 g/mol. The van der Waals surface area contributed by atoms with Crippen LogP contribution in [0.4, 0.5) is 0 Å². The van der Waals surface area contributed by atoms with Crippen molar-refractivity contribution < 1.29 is 9.84 Å². The lowest BCUT2D eigenvalue weighted by Gasteiger charge is -2.29. The molecule has 2 aliphatic rings. The Morgan fingerprint density at radius 1 is 1.20 bits per heavy atom. The van der Waals surface area contributed by atoms with Gasteiger partial charge in [-0.2, -0.15) is 0 Å². The van der Waals surface area contributed by atoms with Crippen LogP contribution in [0.15, 0.2) is 18.2 Å². The van der Waals surface area contributed by atoms with Crippen LogP contribution in [0.25, 0.3) is 0 Å². The lowest BCUT2D eigenvalue weighted by molar-refractivity contribution is 0.181. The van der Waals surface area contributed by atoms with E-state index in [1.807, 2.05) is 12.1 Å². The highest BCUT2D eigenvalue weighted by Crippen LogP contribution is 2.37. The Balaban J connectivity index is 1.69. The highest BCUT2D eigenvalue weighted by Gasteiger charge is 2.33. The molecule has 1 saturated heterocycles. The maximum atomic E-state index is 10.1. The first-order valence-corrected chi connectivity index (χ1v) is 7.88. The Bertz CT molecular complexity index is 454. The fourth-order valence-corrected chi connectivity index (χ4v) is 3.95. The molecule has 1 aromatic rings. The van der Waals surface area contributed by atoms with Crippen LogP contribution in [0.2, 0.25) is 0 Å². The molecular formula is C17H25NO2. The summed E-state index contributed by atoms with van der Waals surface area (Å²) in [7, 11) is 1.63. The SMILES string of the molecule is COc1ccc(CN2CCCC2C2CCCC2)c(O)c1. The van der Waals surface area contributed by atoms with Crippen molar-refractivity contribution >= 4 is 0 Å². The molecule has 0 amide bonds. The highest BCUT2D eigenvalue weighted by atomic mass is 16.5. The quantitative estimate of drug-likeness (QED) is 0.912. The summed E-state index contributed by atoms with van der Waals surface area (Å²) in [5.41, 5.74) is 1.02. The molecule has 1 heterocycles. The van der Waals surface area contributed by atoms with E-state index in [-0.39, 0.29) is 0 Å². The number of methoxy groups -OCH3 is 1. The fourth-order valence-electron chi connectivity index (χ4n) is 3.95. The monoisotopic (exact) mass is 275 g/mol. The van der Waals surface area contributed by atoms with Crippen LogP contribution < -0.4 is 4.74 Å². The molecule has 3 heteroatoms. The van der Waals surface area contributed by atoms with Crippen molar-refractivity contribution in [3.63, 3.8) is 0 Å². The molecule has 1 aliphatic heterocycles. The smallest absolute Gasteiger partial charge is 0.123 e. The van der Waals surface area contributed by atoms with Crippen molar-refractivity contribution in [1.82, 2.24) is 4.90 Å². The molecule has 20 heavy (non-hydrogen) atoms. The molecule has 3 nitrogen and oxygen atoms in total. The Morgan fingerprint density at radius 3 is 2.70 bits per heavy atom. The van der Waals surface area contributed by atoms with Gasteiger partial charge in [0.05, 0.1) is 7.11 Å². The van der Waals surface area contributed by atoms with Gasteiger partial charge >= 0.3 is 0 Å². The van der Waals surface area contributed by atoms with Crippen LogP contribution in [0.3, 0.4) is 0 Å². The van der Waals surface area contributed by atoms with Gasteiger partial charge < -0.3 is 9.84 Å². The van der Waals surface area contributed by atoms with Gasteiger partial charge in [-0.3, -0.25) is 4.90 Å². The number of hydrogen-bond donors (Lipinski definition) is 1. The Kier molecular flexibility index (Phi) is 4.16. The van der Waals surface area contributed by atoms with Crippen LogP contribution in [0.5, 0.6) is 11.5 Å². The summed E-state index contributed by atoms with van der Waals surface area (Å²) in [5.74, 6) is 1.97. The summed E-state index contributed by atoms with van der Waals surface area (Å²) in [6, 6.07) is 6.39. The molecule has 2 fully saturated rings. The van der Waals surface area contributed by atoms with Gasteiger partial charge in [-0.25, -0.2) is 0 Å². The summed E-state index contributed by atoms with van der Waals surface area (Å²) in [5, 5.41) is 10.1. The second kappa shape index (κ2) is 6.04. The number of phenols is 1. The fraction of sp³-hybridized carbons (Fsp3) is 0.647. The average Bonchev–Trinajstić information content (AvgIpc) is 3.11. The molecule has 1 saturated carbocycles. The third-order valence-corrected chi connectivity index (χ3v) is 5.02. The van der Waals surface area contributed by atoms with Gasteiger partial charge in [-0.05, 0) is 44.2 Å². The summed E-state index contributed by atoms with van der Waals surface area (Å²) in [6.07, 6.45) is 8.25. The molecule has 1 aromatic carbocycles. The van der Waals surface area contributed by atoms with E-state index in [4.69, 9.17) is 4.74 Å². The van der Waals surface area contributed by atoms with E-state index < -0.39 is 0 Å². The number of phenolic OH excluding ortho intramolecular Hbond substituents is 1. The molecule has 3 rings (SSSR count). The standard InChI is InChI=1S/C17H25NO2/c1-20-15-9-8-14(17(19)11-15)12-18-10-4-7-16(18)13-5-2-3-6-13/h8-9,11,13,16,19H,2-7,10,12H2,1H3. The summed E-state index contributed by atoms with van der Waals surface area (Å²) >= 11 is 0. The number of nitrogens with zero attached hydrogens (tertiary/aromatic N) is 1. The molecule has 110 valence electrons. The largest absolute Gasteiger partial charge is 0.507 e. The summed E-state index contributed by atoms with van der Waals surface area (Å²) in [6.45, 7) is 2.05. The zero-order chi connectivity index (χ0) is 13.9. The van der Waals surface area contributed by atoms with Gasteiger partial charge in [-0.1, -0.05) is 18.9 Å². The predicted molar refractivity (Wildman–Crippen MR) is 80.0 cm³/mol. The molecule has 1 aliphatic carbocycles. The molecule has 1 atom stereocenters. The third-order valence-electron chi connectivity index (χ3n) is 5.02. The van der Waals surface area contributed by atoms with Gasteiger partial charge in [0, 0.05) is 24.2 Å². The number of ether oxygens (including phenoxy) is 1. The van der Waals surface area contributed by atoms with Gasteiger partial charge in [0.1, 0.15) is 11.5 Å². The molecule has 0 radical (unpaired) electrons. The van der Waals surface area contributed by atoms with Crippen molar-refractivity contribution in [2.24, 2.45) is 5.92 Å². The van der Waals surface area contributed by atoms with E-state index in [1.54, 1.807) is 13.2 Å². The number of benzene rings is 1. The topological polar surface area (TPSA) is 32.7 Å². The lowest BCUT2D eigenvalue weighted by Crippen LogP contribution is -2.34. The normalized spacial score (nSPS) is 24.4. The van der Waals surface area contributed by atoms with Crippen LogP contribution in [0, 0.1) is 5.92 Å². The second-order valence-corrected chi connectivity index (χ2v) is 6.22. The second-order valence-electron chi connectivity index (χ2n) is 6.22. The van der Waals surface area contributed by atoms with Crippen LogP contribution in [-0.4, -0.2) is 29.7 Å². The van der Waals surface area contributed by atoms with E-state index in [2.05, 4.69) is 4.90 Å². The number of hydrogen-bond acceptors (Lipinski definition) is 3. The first-order valence-electron chi connectivity index (χ1n) is 7.88. The summed E-state index contributed by atoms with van der Waals surface area (Å²) in [4.78, 5) is 2.58. The number of aromatic hydroxyl groups is 1. The van der Waals surface area contributed by atoms with Gasteiger partial charge in [0.2, 0.25) is 0 Å². The van der Waals surface area contributed by atoms with Crippen molar-refractivity contribution in [1.29, 1.82) is 0 Å². The van der Waals surface area contributed by atoms with Gasteiger partial charge in [0.25, 0.3) is 0 Å². The Morgan fingerprint density at radius 2 is 2.00 bits per heavy atom. The molecular weight excluding hydrogens is 250 g/mol. The maximum absolute atomic E-state index is 10.1. The predicted octanol–water partition coefficient (Wildman–Crippen LogP) is 3.56. The van der Waals surface area contributed by atoms with Crippen molar-refractivity contribution in [3.8, 4) is 11.5 Å². The van der Waals surface area contributed by atoms with Gasteiger partial charge in [0.15, 0.2) is 0 Å². The first-order chi connectivity index (χ1) is 9.78. The first kappa shape index (κ1) is 13.7. The van der Waals surface area contributed by atoms with E-state index in [9.17, 15) is 5.11 Å². The van der Waals surface area contributed by atoms with Crippen LogP contribution >= 0.6 is 0 Å². The van der Waals surface area contributed by atoms with E-state index in [0.717, 1.165) is 29.8 Å².